The molecule has 0 radical (unpaired) electrons. The van der Waals surface area contributed by atoms with Gasteiger partial charge in [-0.05, 0) is 19.3 Å². The predicted octanol–water partition coefficient (Wildman–Crippen LogP) is 2.16. The minimum Gasteiger partial charge on any atom is -0.748 e. The van der Waals surface area contributed by atoms with Gasteiger partial charge in [-0.25, -0.2) is 8.42 Å². The SMILES string of the molecule is CCCC(O)CCCCCCCCCCCCCCCS(=O)(=O)[O-].[K+]. The summed E-state index contributed by atoms with van der Waals surface area (Å²) in [6, 6.07) is 0. The van der Waals surface area contributed by atoms with E-state index < -0.39 is 10.1 Å². The van der Waals surface area contributed by atoms with Crippen LogP contribution in [0.15, 0.2) is 0 Å². The Hall–Kier alpha value is 1.51. The summed E-state index contributed by atoms with van der Waals surface area (Å²) in [7, 11) is -4.01. The van der Waals surface area contributed by atoms with E-state index in [-0.39, 0.29) is 63.2 Å². The standard InChI is InChI=1S/C19H40O4S.K/c1-2-16-19(20)17-14-12-10-8-6-4-3-5-7-9-11-13-15-18-24(21,22)23;/h19-20H,2-18H2,1H3,(H,21,22,23);/q;+1/p-1. The Bertz CT molecular complexity index is 360. The molecule has 0 saturated heterocycles. The number of aliphatic hydroxyl groups excluding tert-OH is 1. The van der Waals surface area contributed by atoms with E-state index in [1.165, 1.54) is 51.4 Å². The minimum atomic E-state index is -4.01. The molecule has 0 fully saturated rings. The molecule has 0 amide bonds. The maximum atomic E-state index is 10.4. The number of hydrogen-bond donors (Lipinski definition) is 1. The van der Waals surface area contributed by atoms with Gasteiger partial charge in [0.2, 0.25) is 0 Å². The third kappa shape index (κ3) is 25.5. The summed E-state index contributed by atoms with van der Waals surface area (Å²) in [6.45, 7) is 2.12. The Balaban J connectivity index is 0. The van der Waals surface area contributed by atoms with Crippen LogP contribution in [0.4, 0.5) is 0 Å². The van der Waals surface area contributed by atoms with Gasteiger partial charge in [-0.15, -0.1) is 0 Å². The van der Waals surface area contributed by atoms with Gasteiger partial charge in [0.1, 0.15) is 0 Å². The van der Waals surface area contributed by atoms with Gasteiger partial charge in [0, 0.05) is 5.75 Å². The maximum absolute atomic E-state index is 10.4. The molecule has 0 aliphatic heterocycles. The quantitative estimate of drug-likeness (QED) is 0.216. The van der Waals surface area contributed by atoms with Crippen LogP contribution in [0.25, 0.3) is 0 Å². The van der Waals surface area contributed by atoms with Gasteiger partial charge in [-0.3, -0.25) is 0 Å². The average molecular weight is 403 g/mol. The van der Waals surface area contributed by atoms with Crippen LogP contribution in [-0.4, -0.2) is 29.9 Å². The molecule has 6 heteroatoms. The van der Waals surface area contributed by atoms with Crippen molar-refractivity contribution >= 4 is 10.1 Å². The third-order valence-electron chi connectivity index (χ3n) is 4.55. The van der Waals surface area contributed by atoms with Crippen molar-refractivity contribution in [2.24, 2.45) is 0 Å². The molecule has 0 aromatic heterocycles. The zero-order valence-corrected chi connectivity index (χ0v) is 20.6. The van der Waals surface area contributed by atoms with E-state index in [1.807, 2.05) is 0 Å². The monoisotopic (exact) mass is 402 g/mol. The van der Waals surface area contributed by atoms with E-state index in [1.54, 1.807) is 0 Å². The van der Waals surface area contributed by atoms with E-state index in [2.05, 4.69) is 6.92 Å². The van der Waals surface area contributed by atoms with Gasteiger partial charge in [0.05, 0.1) is 16.2 Å². The smallest absolute Gasteiger partial charge is 0.748 e. The van der Waals surface area contributed by atoms with Crippen LogP contribution in [0.3, 0.4) is 0 Å². The molecule has 0 heterocycles. The fourth-order valence-corrected chi connectivity index (χ4v) is 3.64. The van der Waals surface area contributed by atoms with Crippen LogP contribution in [-0.2, 0) is 10.1 Å². The first-order chi connectivity index (χ1) is 11.5. The molecular weight excluding hydrogens is 363 g/mol. The Labute approximate surface area is 199 Å². The van der Waals surface area contributed by atoms with E-state index in [0.717, 1.165) is 44.9 Å². The van der Waals surface area contributed by atoms with Gasteiger partial charge in [0.15, 0.2) is 0 Å². The molecular formula is C19H39KO4S. The molecule has 0 spiro atoms. The molecule has 0 rings (SSSR count). The van der Waals surface area contributed by atoms with Crippen molar-refractivity contribution in [3.8, 4) is 0 Å². The summed E-state index contributed by atoms with van der Waals surface area (Å²) in [5.74, 6) is -0.204. The summed E-state index contributed by atoms with van der Waals surface area (Å²) in [6.07, 6.45) is 17.9. The topological polar surface area (TPSA) is 77.4 Å². The van der Waals surface area contributed by atoms with Crippen molar-refractivity contribution in [3.05, 3.63) is 0 Å². The number of unbranched alkanes of at least 4 members (excludes halogenated alkanes) is 12. The maximum Gasteiger partial charge on any atom is 1.00 e. The van der Waals surface area contributed by atoms with E-state index in [4.69, 9.17) is 0 Å². The first-order valence-corrected chi connectivity index (χ1v) is 11.6. The summed E-state index contributed by atoms with van der Waals surface area (Å²) in [5, 5.41) is 9.64. The van der Waals surface area contributed by atoms with E-state index in [9.17, 15) is 18.1 Å². The van der Waals surface area contributed by atoms with Gasteiger partial charge in [0.25, 0.3) is 0 Å². The molecule has 0 aliphatic rings. The summed E-state index contributed by atoms with van der Waals surface area (Å²) in [5.41, 5.74) is 0. The van der Waals surface area contributed by atoms with Gasteiger partial charge in [-0.2, -0.15) is 0 Å². The summed E-state index contributed by atoms with van der Waals surface area (Å²) in [4.78, 5) is 0. The molecule has 0 saturated carbocycles. The first-order valence-electron chi connectivity index (χ1n) is 10.1. The first kappa shape index (κ1) is 28.7. The number of rotatable bonds is 18. The van der Waals surface area contributed by atoms with Crippen molar-refractivity contribution in [2.45, 2.75) is 116 Å². The number of aliphatic hydroxyl groups is 1. The van der Waals surface area contributed by atoms with Crippen LogP contribution in [0.1, 0.15) is 110 Å². The van der Waals surface area contributed by atoms with Crippen LogP contribution >= 0.6 is 0 Å². The van der Waals surface area contributed by atoms with Crippen LogP contribution in [0, 0.1) is 0 Å². The molecule has 1 N–H and O–H groups in total. The molecule has 1 unspecified atom stereocenters. The zero-order valence-electron chi connectivity index (χ0n) is 16.7. The summed E-state index contributed by atoms with van der Waals surface area (Å²) < 4.78 is 31.3. The van der Waals surface area contributed by atoms with Crippen molar-refractivity contribution in [2.75, 3.05) is 5.75 Å². The Morgan fingerprint density at radius 3 is 1.44 bits per heavy atom. The molecule has 25 heavy (non-hydrogen) atoms. The molecule has 0 aromatic rings. The minimum absolute atomic E-state index is 0. The molecule has 0 bridgehead atoms. The average Bonchev–Trinajstić information content (AvgIpc) is 2.50. The fraction of sp³-hybridized carbons (Fsp3) is 1.00. The van der Waals surface area contributed by atoms with E-state index >= 15 is 0 Å². The zero-order chi connectivity index (χ0) is 18.1. The van der Waals surface area contributed by atoms with E-state index in [0.29, 0.717) is 6.42 Å². The Morgan fingerprint density at radius 1 is 0.720 bits per heavy atom. The van der Waals surface area contributed by atoms with Crippen LogP contribution in [0.5, 0.6) is 0 Å². The molecule has 0 aliphatic carbocycles. The fourth-order valence-electron chi connectivity index (χ4n) is 3.08. The van der Waals surface area contributed by atoms with Gasteiger partial charge < -0.3 is 9.66 Å². The largest absolute Gasteiger partial charge is 1.00 e. The molecule has 146 valence electrons. The second-order valence-corrected chi connectivity index (χ2v) is 8.61. The third-order valence-corrected chi connectivity index (χ3v) is 5.34. The normalized spacial score (nSPS) is 12.8. The summed E-state index contributed by atoms with van der Waals surface area (Å²) >= 11 is 0. The van der Waals surface area contributed by atoms with Crippen molar-refractivity contribution in [1.29, 1.82) is 0 Å². The van der Waals surface area contributed by atoms with Crippen molar-refractivity contribution in [3.63, 3.8) is 0 Å². The molecule has 4 nitrogen and oxygen atoms in total. The Morgan fingerprint density at radius 2 is 1.08 bits per heavy atom. The molecule has 0 aromatic carbocycles. The van der Waals surface area contributed by atoms with Crippen LogP contribution in [0.2, 0.25) is 0 Å². The molecule has 1 atom stereocenters. The van der Waals surface area contributed by atoms with Gasteiger partial charge in [-0.1, -0.05) is 90.4 Å². The second-order valence-electron chi connectivity index (χ2n) is 7.09. The predicted molar refractivity (Wildman–Crippen MR) is 100 cm³/mol. The van der Waals surface area contributed by atoms with Crippen molar-refractivity contribution in [1.82, 2.24) is 0 Å². The second kappa shape index (κ2) is 20.2. The van der Waals surface area contributed by atoms with Gasteiger partial charge >= 0.3 is 51.4 Å². The number of hydrogen-bond acceptors (Lipinski definition) is 4. The Kier molecular flexibility index (Phi) is 23.3. The van der Waals surface area contributed by atoms with Crippen LogP contribution < -0.4 is 51.4 Å². The van der Waals surface area contributed by atoms with Crippen molar-refractivity contribution < 1.29 is 69.5 Å².